The zero-order valence-corrected chi connectivity index (χ0v) is 8.97. The maximum absolute atomic E-state index is 3.38. The van der Waals surface area contributed by atoms with E-state index >= 15 is 0 Å². The predicted octanol–water partition coefficient (Wildman–Crippen LogP) is 1.47. The number of hydrogen-bond acceptors (Lipinski definition) is 2. The highest BCUT2D eigenvalue weighted by molar-refractivity contribution is 4.92. The second kappa shape index (κ2) is 3.58. The summed E-state index contributed by atoms with van der Waals surface area (Å²) in [6.07, 6.45) is 5.59. The van der Waals surface area contributed by atoms with Crippen molar-refractivity contribution >= 4 is 0 Å². The summed E-state index contributed by atoms with van der Waals surface area (Å²) in [6, 6.07) is 0.781. The molecule has 0 aromatic rings. The monoisotopic (exact) mass is 182 g/mol. The maximum atomic E-state index is 3.38. The average molecular weight is 182 g/mol. The molecule has 2 fully saturated rings. The van der Waals surface area contributed by atoms with E-state index in [0.717, 1.165) is 6.04 Å². The number of hydrogen-bond donors (Lipinski definition) is 1. The van der Waals surface area contributed by atoms with E-state index in [4.69, 9.17) is 0 Å². The first kappa shape index (κ1) is 9.47. The van der Waals surface area contributed by atoms with Gasteiger partial charge in [-0.15, -0.1) is 0 Å². The van der Waals surface area contributed by atoms with Crippen molar-refractivity contribution in [2.75, 3.05) is 26.7 Å². The third-order valence-corrected chi connectivity index (χ3v) is 3.70. The molecule has 13 heavy (non-hydrogen) atoms. The van der Waals surface area contributed by atoms with Crippen molar-refractivity contribution in [2.45, 2.75) is 38.6 Å². The first-order valence-corrected chi connectivity index (χ1v) is 5.61. The number of rotatable bonds is 3. The van der Waals surface area contributed by atoms with Gasteiger partial charge in [0.25, 0.3) is 0 Å². The van der Waals surface area contributed by atoms with Gasteiger partial charge in [-0.05, 0) is 51.2 Å². The first-order chi connectivity index (χ1) is 6.22. The van der Waals surface area contributed by atoms with E-state index in [0.29, 0.717) is 5.41 Å². The van der Waals surface area contributed by atoms with E-state index in [1.807, 2.05) is 0 Å². The molecule has 0 atom stereocenters. The first-order valence-electron chi connectivity index (χ1n) is 5.61. The Morgan fingerprint density at radius 1 is 1.31 bits per heavy atom. The Labute approximate surface area is 81.7 Å². The summed E-state index contributed by atoms with van der Waals surface area (Å²) in [5.74, 6) is 0. The standard InChI is InChI=1S/C11H22N2/c1-11(5-6-11)9-13-7-3-10(12-2)4-8-13/h10,12H,3-9H2,1-2H3. The van der Waals surface area contributed by atoms with Crippen LogP contribution in [0.1, 0.15) is 32.6 Å². The number of nitrogens with zero attached hydrogens (tertiary/aromatic N) is 1. The fraction of sp³-hybridized carbons (Fsp3) is 1.00. The predicted molar refractivity (Wildman–Crippen MR) is 55.9 cm³/mol. The van der Waals surface area contributed by atoms with Crippen LogP contribution in [0.4, 0.5) is 0 Å². The van der Waals surface area contributed by atoms with Gasteiger partial charge in [-0.25, -0.2) is 0 Å². The van der Waals surface area contributed by atoms with Crippen LogP contribution in [-0.4, -0.2) is 37.6 Å². The van der Waals surface area contributed by atoms with Crippen LogP contribution >= 0.6 is 0 Å². The molecule has 0 bridgehead atoms. The van der Waals surface area contributed by atoms with Gasteiger partial charge in [-0.1, -0.05) is 6.92 Å². The highest BCUT2D eigenvalue weighted by Gasteiger charge is 2.39. The lowest BCUT2D eigenvalue weighted by Gasteiger charge is -2.33. The van der Waals surface area contributed by atoms with Crippen LogP contribution in [0, 0.1) is 5.41 Å². The van der Waals surface area contributed by atoms with Gasteiger partial charge < -0.3 is 10.2 Å². The van der Waals surface area contributed by atoms with Crippen molar-refractivity contribution in [2.24, 2.45) is 5.41 Å². The highest BCUT2D eigenvalue weighted by Crippen LogP contribution is 2.45. The van der Waals surface area contributed by atoms with Crippen LogP contribution in [0.15, 0.2) is 0 Å². The fourth-order valence-electron chi connectivity index (χ4n) is 2.29. The maximum Gasteiger partial charge on any atom is 0.00884 e. The molecule has 2 heteroatoms. The van der Waals surface area contributed by atoms with E-state index < -0.39 is 0 Å². The molecule has 2 nitrogen and oxygen atoms in total. The zero-order chi connectivity index (χ0) is 9.31. The van der Waals surface area contributed by atoms with E-state index in [2.05, 4.69) is 24.2 Å². The largest absolute Gasteiger partial charge is 0.317 e. The van der Waals surface area contributed by atoms with Gasteiger partial charge in [-0.3, -0.25) is 0 Å². The molecular weight excluding hydrogens is 160 g/mol. The normalized spacial score (nSPS) is 29.1. The molecule has 76 valence electrons. The second-order valence-corrected chi connectivity index (χ2v) is 5.15. The molecule has 0 spiro atoms. The Morgan fingerprint density at radius 3 is 2.38 bits per heavy atom. The van der Waals surface area contributed by atoms with Gasteiger partial charge in [0.1, 0.15) is 0 Å². The molecule has 0 aromatic carbocycles. The summed E-state index contributed by atoms with van der Waals surface area (Å²) < 4.78 is 0. The Balaban J connectivity index is 1.72. The van der Waals surface area contributed by atoms with Gasteiger partial charge in [0.05, 0.1) is 0 Å². The van der Waals surface area contributed by atoms with E-state index in [1.54, 1.807) is 0 Å². The van der Waals surface area contributed by atoms with E-state index in [9.17, 15) is 0 Å². The molecule has 1 aliphatic heterocycles. The Kier molecular flexibility index (Phi) is 2.61. The van der Waals surface area contributed by atoms with Gasteiger partial charge in [-0.2, -0.15) is 0 Å². The lowest BCUT2D eigenvalue weighted by Crippen LogP contribution is -2.42. The van der Waals surface area contributed by atoms with E-state index in [1.165, 1.54) is 45.3 Å². The molecule has 2 rings (SSSR count). The Bertz CT molecular complexity index is 167. The SMILES string of the molecule is CNC1CCN(CC2(C)CC2)CC1. The lowest BCUT2D eigenvalue weighted by molar-refractivity contribution is 0.172. The summed E-state index contributed by atoms with van der Waals surface area (Å²) in [4.78, 5) is 2.65. The second-order valence-electron chi connectivity index (χ2n) is 5.15. The topological polar surface area (TPSA) is 15.3 Å². The molecular formula is C11H22N2. The van der Waals surface area contributed by atoms with Crippen molar-refractivity contribution in [3.05, 3.63) is 0 Å². The van der Waals surface area contributed by atoms with Crippen LogP contribution in [0.5, 0.6) is 0 Å². The number of likely N-dealkylation sites (tertiary alicyclic amines) is 1. The molecule has 1 N–H and O–H groups in total. The smallest absolute Gasteiger partial charge is 0.00884 e. The zero-order valence-electron chi connectivity index (χ0n) is 8.97. The minimum atomic E-state index is 0.701. The molecule has 1 saturated carbocycles. The molecule has 0 aromatic heterocycles. The van der Waals surface area contributed by atoms with Gasteiger partial charge in [0.15, 0.2) is 0 Å². The van der Waals surface area contributed by atoms with Crippen LogP contribution in [0.3, 0.4) is 0 Å². The van der Waals surface area contributed by atoms with Crippen LogP contribution in [-0.2, 0) is 0 Å². The van der Waals surface area contributed by atoms with Crippen LogP contribution in [0.25, 0.3) is 0 Å². The summed E-state index contributed by atoms with van der Waals surface area (Å²) in [7, 11) is 2.09. The third kappa shape index (κ3) is 2.44. The molecule has 0 radical (unpaired) electrons. The summed E-state index contributed by atoms with van der Waals surface area (Å²) >= 11 is 0. The van der Waals surface area contributed by atoms with Gasteiger partial charge in [0, 0.05) is 12.6 Å². The van der Waals surface area contributed by atoms with Crippen LogP contribution < -0.4 is 5.32 Å². The molecule has 0 unspecified atom stereocenters. The Hall–Kier alpha value is -0.0800. The van der Waals surface area contributed by atoms with Crippen molar-refractivity contribution in [1.82, 2.24) is 10.2 Å². The molecule has 1 aliphatic carbocycles. The van der Waals surface area contributed by atoms with E-state index in [-0.39, 0.29) is 0 Å². The summed E-state index contributed by atoms with van der Waals surface area (Å²) in [5, 5.41) is 3.38. The summed E-state index contributed by atoms with van der Waals surface area (Å²) in [5.41, 5.74) is 0.701. The van der Waals surface area contributed by atoms with Crippen molar-refractivity contribution < 1.29 is 0 Å². The Morgan fingerprint density at radius 2 is 1.92 bits per heavy atom. The fourth-order valence-corrected chi connectivity index (χ4v) is 2.29. The average Bonchev–Trinajstić information content (AvgIpc) is 2.85. The molecule has 0 amide bonds. The molecule has 1 heterocycles. The molecule has 2 aliphatic rings. The quantitative estimate of drug-likeness (QED) is 0.711. The van der Waals surface area contributed by atoms with Crippen molar-refractivity contribution in [3.8, 4) is 0 Å². The van der Waals surface area contributed by atoms with Gasteiger partial charge >= 0.3 is 0 Å². The lowest BCUT2D eigenvalue weighted by atomic mass is 10.0. The third-order valence-electron chi connectivity index (χ3n) is 3.70. The minimum Gasteiger partial charge on any atom is -0.317 e. The van der Waals surface area contributed by atoms with Crippen LogP contribution in [0.2, 0.25) is 0 Å². The highest BCUT2D eigenvalue weighted by atomic mass is 15.1. The number of piperidine rings is 1. The number of nitrogens with one attached hydrogen (secondary N) is 1. The van der Waals surface area contributed by atoms with Crippen molar-refractivity contribution in [1.29, 1.82) is 0 Å². The molecule has 1 saturated heterocycles. The summed E-state index contributed by atoms with van der Waals surface area (Å²) in [6.45, 7) is 6.39. The minimum absolute atomic E-state index is 0.701. The van der Waals surface area contributed by atoms with Gasteiger partial charge in [0.2, 0.25) is 0 Å². The van der Waals surface area contributed by atoms with Crippen molar-refractivity contribution in [3.63, 3.8) is 0 Å².